The monoisotopic (exact) mass is 318 g/mol. The predicted octanol–water partition coefficient (Wildman–Crippen LogP) is 4.76. The minimum atomic E-state index is -0.00535. The number of hydrogen-bond acceptors (Lipinski definition) is 3. The van der Waals surface area contributed by atoms with Crippen molar-refractivity contribution in [2.45, 2.75) is 13.5 Å². The number of aldehydes is 1. The lowest BCUT2D eigenvalue weighted by molar-refractivity contribution is 0.112. The van der Waals surface area contributed by atoms with Crippen LogP contribution in [-0.4, -0.2) is 11.4 Å². The molecule has 0 fully saturated rings. The van der Waals surface area contributed by atoms with Crippen LogP contribution in [0.1, 0.15) is 21.5 Å². The predicted molar refractivity (Wildman–Crippen MR) is 94.4 cm³/mol. The molecule has 3 aromatic carbocycles. The van der Waals surface area contributed by atoms with E-state index >= 15 is 0 Å². The highest BCUT2D eigenvalue weighted by atomic mass is 16.5. The number of benzene rings is 3. The number of carbonyl (C=O) groups excluding carboxylic acids is 1. The first kappa shape index (κ1) is 15.8. The number of phenols is 1. The molecule has 0 saturated heterocycles. The Bertz CT molecular complexity index is 854. The lowest BCUT2D eigenvalue weighted by Gasteiger charge is -2.11. The lowest BCUT2D eigenvalue weighted by Crippen LogP contribution is -1.96. The first-order valence-electron chi connectivity index (χ1n) is 7.73. The molecule has 120 valence electrons. The molecule has 24 heavy (non-hydrogen) atoms. The van der Waals surface area contributed by atoms with Gasteiger partial charge in [-0.05, 0) is 53.4 Å². The average molecular weight is 318 g/mol. The highest BCUT2D eigenvalue weighted by molar-refractivity contribution is 5.83. The molecule has 0 unspecified atom stereocenters. The van der Waals surface area contributed by atoms with Crippen LogP contribution in [0.5, 0.6) is 11.5 Å². The smallest absolute Gasteiger partial charge is 0.153 e. The van der Waals surface area contributed by atoms with Crippen molar-refractivity contribution in [2.75, 3.05) is 0 Å². The van der Waals surface area contributed by atoms with E-state index in [0.29, 0.717) is 12.9 Å². The quantitative estimate of drug-likeness (QED) is 0.690. The van der Waals surface area contributed by atoms with Gasteiger partial charge in [0.25, 0.3) is 0 Å². The van der Waals surface area contributed by atoms with Gasteiger partial charge >= 0.3 is 0 Å². The molecule has 0 bridgehead atoms. The van der Waals surface area contributed by atoms with Gasteiger partial charge in [-0.15, -0.1) is 0 Å². The van der Waals surface area contributed by atoms with Gasteiger partial charge in [0, 0.05) is 0 Å². The molecule has 0 aliphatic carbocycles. The zero-order chi connectivity index (χ0) is 16.9. The van der Waals surface area contributed by atoms with E-state index < -0.39 is 0 Å². The Morgan fingerprint density at radius 2 is 1.79 bits per heavy atom. The number of carbonyl (C=O) groups is 1. The molecule has 0 amide bonds. The zero-order valence-electron chi connectivity index (χ0n) is 13.4. The molecule has 0 aliphatic rings. The number of aryl methyl sites for hydroxylation is 1. The molecule has 0 saturated carbocycles. The molecular weight excluding hydrogens is 300 g/mol. The Labute approximate surface area is 141 Å². The van der Waals surface area contributed by atoms with Crippen molar-refractivity contribution in [1.29, 1.82) is 0 Å². The van der Waals surface area contributed by atoms with Crippen molar-refractivity contribution >= 4 is 6.29 Å². The van der Waals surface area contributed by atoms with Crippen LogP contribution in [0.15, 0.2) is 66.7 Å². The number of aromatic hydroxyl groups is 1. The molecule has 3 nitrogen and oxygen atoms in total. The maximum atomic E-state index is 11.0. The fourth-order valence-electron chi connectivity index (χ4n) is 2.61. The third-order valence-electron chi connectivity index (χ3n) is 3.91. The molecule has 3 aromatic rings. The fraction of sp³-hybridized carbons (Fsp3) is 0.0952. The molecule has 0 heterocycles. The molecule has 0 spiro atoms. The highest BCUT2D eigenvalue weighted by Gasteiger charge is 2.07. The summed E-state index contributed by atoms with van der Waals surface area (Å²) in [6.07, 6.45) is 0.658. The van der Waals surface area contributed by atoms with Crippen LogP contribution in [-0.2, 0) is 6.61 Å². The van der Waals surface area contributed by atoms with Crippen LogP contribution >= 0.6 is 0 Å². The fourth-order valence-corrected chi connectivity index (χ4v) is 2.61. The SMILES string of the molecule is Cc1cc(OCc2ccccc2)ccc1-c1ccc(O)c(C=O)c1. The second-order valence-corrected chi connectivity index (χ2v) is 5.64. The first-order chi connectivity index (χ1) is 11.7. The van der Waals surface area contributed by atoms with E-state index in [-0.39, 0.29) is 11.3 Å². The van der Waals surface area contributed by atoms with Gasteiger partial charge in [0.05, 0.1) is 5.56 Å². The Balaban J connectivity index is 1.81. The standard InChI is InChI=1S/C21H18O3/c1-15-11-19(24-14-16-5-3-2-4-6-16)8-9-20(15)17-7-10-21(23)18(12-17)13-22/h2-13,23H,14H2,1H3. The summed E-state index contributed by atoms with van der Waals surface area (Å²) < 4.78 is 5.83. The summed E-state index contributed by atoms with van der Waals surface area (Å²) >= 11 is 0. The van der Waals surface area contributed by atoms with E-state index in [4.69, 9.17) is 4.74 Å². The summed E-state index contributed by atoms with van der Waals surface area (Å²) in [5.74, 6) is 0.795. The molecule has 3 heteroatoms. The largest absolute Gasteiger partial charge is 0.507 e. The van der Waals surface area contributed by atoms with Crippen LogP contribution in [0.25, 0.3) is 11.1 Å². The van der Waals surface area contributed by atoms with E-state index in [2.05, 4.69) is 0 Å². The third kappa shape index (κ3) is 3.46. The minimum Gasteiger partial charge on any atom is -0.507 e. The summed E-state index contributed by atoms with van der Waals surface area (Å²) in [4.78, 5) is 11.0. The Morgan fingerprint density at radius 1 is 1.00 bits per heavy atom. The summed E-state index contributed by atoms with van der Waals surface area (Å²) in [5, 5.41) is 9.62. The van der Waals surface area contributed by atoms with Crippen molar-refractivity contribution in [1.82, 2.24) is 0 Å². The van der Waals surface area contributed by atoms with Crippen LogP contribution in [0.3, 0.4) is 0 Å². The summed E-state index contributed by atoms with van der Waals surface area (Å²) in [6, 6.07) is 20.9. The Kier molecular flexibility index (Phi) is 4.62. The molecular formula is C21H18O3. The van der Waals surface area contributed by atoms with Crippen molar-refractivity contribution in [3.05, 3.63) is 83.4 Å². The van der Waals surface area contributed by atoms with E-state index in [1.807, 2.05) is 55.5 Å². The van der Waals surface area contributed by atoms with Crippen LogP contribution in [0.4, 0.5) is 0 Å². The molecule has 0 aliphatic heterocycles. The maximum Gasteiger partial charge on any atom is 0.153 e. The first-order valence-corrected chi connectivity index (χ1v) is 7.73. The number of hydrogen-bond donors (Lipinski definition) is 1. The molecule has 0 aromatic heterocycles. The van der Waals surface area contributed by atoms with Crippen molar-refractivity contribution in [3.8, 4) is 22.6 Å². The van der Waals surface area contributed by atoms with Gasteiger partial charge in [-0.3, -0.25) is 4.79 Å². The van der Waals surface area contributed by atoms with E-state index in [1.54, 1.807) is 18.2 Å². The van der Waals surface area contributed by atoms with E-state index in [9.17, 15) is 9.90 Å². The zero-order valence-corrected chi connectivity index (χ0v) is 13.4. The Morgan fingerprint density at radius 3 is 2.50 bits per heavy atom. The van der Waals surface area contributed by atoms with Gasteiger partial charge in [0.15, 0.2) is 6.29 Å². The number of ether oxygens (including phenoxy) is 1. The lowest BCUT2D eigenvalue weighted by atomic mass is 9.98. The van der Waals surface area contributed by atoms with Gasteiger partial charge in [0.2, 0.25) is 0 Å². The van der Waals surface area contributed by atoms with Gasteiger partial charge in [-0.2, -0.15) is 0 Å². The highest BCUT2D eigenvalue weighted by Crippen LogP contribution is 2.30. The third-order valence-corrected chi connectivity index (χ3v) is 3.91. The van der Waals surface area contributed by atoms with Gasteiger partial charge in [0.1, 0.15) is 18.1 Å². The maximum absolute atomic E-state index is 11.0. The minimum absolute atomic E-state index is 0.00535. The molecule has 0 radical (unpaired) electrons. The normalized spacial score (nSPS) is 10.4. The Hall–Kier alpha value is -3.07. The van der Waals surface area contributed by atoms with Gasteiger partial charge in [-0.1, -0.05) is 42.5 Å². The second kappa shape index (κ2) is 7.01. The van der Waals surface area contributed by atoms with Crippen molar-refractivity contribution in [2.24, 2.45) is 0 Å². The van der Waals surface area contributed by atoms with Gasteiger partial charge in [-0.25, -0.2) is 0 Å². The number of rotatable bonds is 5. The molecule has 1 N–H and O–H groups in total. The van der Waals surface area contributed by atoms with Crippen LogP contribution in [0.2, 0.25) is 0 Å². The molecule has 0 atom stereocenters. The average Bonchev–Trinajstić information content (AvgIpc) is 2.62. The van der Waals surface area contributed by atoms with Crippen molar-refractivity contribution < 1.29 is 14.6 Å². The van der Waals surface area contributed by atoms with Gasteiger partial charge < -0.3 is 9.84 Å². The summed E-state index contributed by atoms with van der Waals surface area (Å²) in [7, 11) is 0. The second-order valence-electron chi connectivity index (χ2n) is 5.64. The summed E-state index contributed by atoms with van der Waals surface area (Å²) in [6.45, 7) is 2.52. The van der Waals surface area contributed by atoms with Crippen LogP contribution in [0, 0.1) is 6.92 Å². The van der Waals surface area contributed by atoms with Crippen LogP contribution < -0.4 is 4.74 Å². The molecule has 3 rings (SSSR count). The summed E-state index contributed by atoms with van der Waals surface area (Å²) in [5.41, 5.74) is 4.35. The number of phenolic OH excluding ortho intramolecular Hbond substituents is 1. The van der Waals surface area contributed by atoms with E-state index in [0.717, 1.165) is 28.0 Å². The van der Waals surface area contributed by atoms with E-state index in [1.165, 1.54) is 0 Å². The topological polar surface area (TPSA) is 46.5 Å². The van der Waals surface area contributed by atoms with Crippen molar-refractivity contribution in [3.63, 3.8) is 0 Å².